The van der Waals surface area contributed by atoms with E-state index < -0.39 is 0 Å². The predicted octanol–water partition coefficient (Wildman–Crippen LogP) is 0.701. The highest BCUT2D eigenvalue weighted by Crippen LogP contribution is 2.04. The van der Waals surface area contributed by atoms with Crippen molar-refractivity contribution >= 4 is 30.4 Å². The van der Waals surface area contributed by atoms with Gasteiger partial charge in [0.2, 0.25) is 11.8 Å². The molecule has 0 saturated heterocycles. The molecule has 6 nitrogen and oxygen atoms in total. The molecule has 0 aliphatic heterocycles. The van der Waals surface area contributed by atoms with Gasteiger partial charge in [-0.05, 0) is 12.1 Å². The van der Waals surface area contributed by atoms with E-state index in [1.165, 1.54) is 0 Å². The van der Waals surface area contributed by atoms with Gasteiger partial charge in [0.25, 0.3) is 5.91 Å². The van der Waals surface area contributed by atoms with Gasteiger partial charge in [0, 0.05) is 38.2 Å². The van der Waals surface area contributed by atoms with E-state index in [-0.39, 0.29) is 23.5 Å². The highest BCUT2D eigenvalue weighted by molar-refractivity contribution is 7.81. The molecule has 126 valence electrons. The van der Waals surface area contributed by atoms with Crippen LogP contribution < -0.4 is 10.6 Å². The third-order valence-corrected chi connectivity index (χ3v) is 3.47. The van der Waals surface area contributed by atoms with Crippen molar-refractivity contribution in [3.05, 3.63) is 35.9 Å². The van der Waals surface area contributed by atoms with Crippen LogP contribution in [0.4, 0.5) is 0 Å². The summed E-state index contributed by atoms with van der Waals surface area (Å²) in [5.41, 5.74) is 0.579. The Hall–Kier alpha value is -2.02. The SMILES string of the molecule is CCC(=O)NCCN(CCNC(=O)CS)C(=O)c1ccccc1. The van der Waals surface area contributed by atoms with Crippen molar-refractivity contribution in [2.24, 2.45) is 0 Å². The number of carbonyl (C=O) groups is 3. The van der Waals surface area contributed by atoms with E-state index in [0.717, 1.165) is 0 Å². The minimum atomic E-state index is -0.181. The molecule has 0 radical (unpaired) electrons. The second-order valence-corrected chi connectivity index (χ2v) is 5.19. The van der Waals surface area contributed by atoms with E-state index in [9.17, 15) is 14.4 Å². The maximum atomic E-state index is 12.5. The molecule has 0 saturated carbocycles. The van der Waals surface area contributed by atoms with Gasteiger partial charge in [0.05, 0.1) is 5.75 Å². The number of rotatable bonds is 9. The number of carbonyl (C=O) groups excluding carboxylic acids is 3. The first kappa shape index (κ1) is 19.0. The molecule has 0 aromatic heterocycles. The van der Waals surface area contributed by atoms with Crippen LogP contribution in [0.25, 0.3) is 0 Å². The van der Waals surface area contributed by atoms with E-state index >= 15 is 0 Å². The van der Waals surface area contributed by atoms with Crippen molar-refractivity contribution in [3.63, 3.8) is 0 Å². The lowest BCUT2D eigenvalue weighted by atomic mass is 10.2. The van der Waals surface area contributed by atoms with E-state index in [1.54, 1.807) is 36.1 Å². The maximum absolute atomic E-state index is 12.5. The van der Waals surface area contributed by atoms with Crippen molar-refractivity contribution in [1.29, 1.82) is 0 Å². The molecule has 2 N–H and O–H groups in total. The van der Waals surface area contributed by atoms with Crippen LogP contribution in [-0.4, -0.2) is 54.6 Å². The van der Waals surface area contributed by atoms with Crippen LogP contribution in [0.2, 0.25) is 0 Å². The number of amides is 3. The molecule has 0 heterocycles. The summed E-state index contributed by atoms with van der Waals surface area (Å²) >= 11 is 3.89. The normalized spacial score (nSPS) is 10.0. The zero-order valence-corrected chi connectivity index (χ0v) is 14.1. The monoisotopic (exact) mass is 337 g/mol. The molecule has 7 heteroatoms. The van der Waals surface area contributed by atoms with Gasteiger partial charge in [0.15, 0.2) is 0 Å². The van der Waals surface area contributed by atoms with Gasteiger partial charge in [-0.1, -0.05) is 25.1 Å². The van der Waals surface area contributed by atoms with E-state index in [1.807, 2.05) is 6.07 Å². The summed E-state index contributed by atoms with van der Waals surface area (Å²) < 4.78 is 0. The molecule has 0 aliphatic rings. The number of thiol groups is 1. The van der Waals surface area contributed by atoms with Gasteiger partial charge in [-0.25, -0.2) is 0 Å². The van der Waals surface area contributed by atoms with Crippen LogP contribution in [0.15, 0.2) is 30.3 Å². The number of benzene rings is 1. The highest BCUT2D eigenvalue weighted by Gasteiger charge is 2.15. The lowest BCUT2D eigenvalue weighted by Gasteiger charge is -2.23. The molecule has 3 amide bonds. The molecule has 0 atom stereocenters. The minimum Gasteiger partial charge on any atom is -0.354 e. The third kappa shape index (κ3) is 7.19. The molecule has 0 fully saturated rings. The summed E-state index contributed by atoms with van der Waals surface area (Å²) in [4.78, 5) is 36.7. The first-order valence-corrected chi connectivity index (χ1v) is 8.20. The van der Waals surface area contributed by atoms with Gasteiger partial charge in [-0.15, -0.1) is 0 Å². The highest BCUT2D eigenvalue weighted by atomic mass is 32.1. The fourth-order valence-electron chi connectivity index (χ4n) is 1.92. The number of nitrogens with zero attached hydrogens (tertiary/aromatic N) is 1. The second-order valence-electron chi connectivity index (χ2n) is 4.87. The summed E-state index contributed by atoms with van der Waals surface area (Å²) in [6.45, 7) is 3.26. The smallest absolute Gasteiger partial charge is 0.253 e. The molecule has 23 heavy (non-hydrogen) atoms. The zero-order chi connectivity index (χ0) is 17.1. The Morgan fingerprint density at radius 1 is 1.00 bits per heavy atom. The molecule has 1 aromatic rings. The Morgan fingerprint density at radius 2 is 1.57 bits per heavy atom. The molecule has 0 spiro atoms. The Balaban J connectivity index is 2.61. The number of nitrogens with one attached hydrogen (secondary N) is 2. The fourth-order valence-corrected chi connectivity index (χ4v) is 2.03. The summed E-state index contributed by atoms with van der Waals surface area (Å²) in [5.74, 6) is -0.254. The summed E-state index contributed by atoms with van der Waals surface area (Å²) in [6.07, 6.45) is 0.407. The Bertz CT molecular complexity index is 501. The number of hydrogen-bond donors (Lipinski definition) is 3. The zero-order valence-electron chi connectivity index (χ0n) is 13.2. The standard InChI is InChI=1S/C16H23N3O3S/c1-2-14(20)17-8-10-19(11-9-18-15(21)12-23)16(22)13-6-4-3-5-7-13/h3-7,23H,2,8-12H2,1H3,(H,17,20)(H,18,21). The van der Waals surface area contributed by atoms with Crippen LogP contribution in [0, 0.1) is 0 Å². The predicted molar refractivity (Wildman–Crippen MR) is 92.5 cm³/mol. The third-order valence-electron chi connectivity index (χ3n) is 3.18. The topological polar surface area (TPSA) is 78.5 Å². The summed E-state index contributed by atoms with van der Waals surface area (Å²) in [5, 5.41) is 5.43. The average Bonchev–Trinajstić information content (AvgIpc) is 2.60. The average molecular weight is 337 g/mol. The molecule has 0 unspecified atom stereocenters. The minimum absolute atomic E-state index is 0.0551. The van der Waals surface area contributed by atoms with Gasteiger partial charge >= 0.3 is 0 Å². The van der Waals surface area contributed by atoms with Crippen LogP contribution in [0.5, 0.6) is 0 Å². The van der Waals surface area contributed by atoms with Gasteiger partial charge in [0.1, 0.15) is 0 Å². The molecular weight excluding hydrogens is 314 g/mol. The molecular formula is C16H23N3O3S. The van der Waals surface area contributed by atoms with Crippen molar-refractivity contribution < 1.29 is 14.4 Å². The first-order valence-electron chi connectivity index (χ1n) is 7.57. The van der Waals surface area contributed by atoms with Crippen molar-refractivity contribution in [2.45, 2.75) is 13.3 Å². The lowest BCUT2D eigenvalue weighted by Crippen LogP contribution is -2.42. The Kier molecular flexibility index (Phi) is 8.82. The van der Waals surface area contributed by atoms with Gasteiger partial charge in [-0.3, -0.25) is 14.4 Å². The lowest BCUT2D eigenvalue weighted by molar-refractivity contribution is -0.120. The van der Waals surface area contributed by atoms with Crippen LogP contribution in [0.3, 0.4) is 0 Å². The first-order chi connectivity index (χ1) is 11.1. The van der Waals surface area contributed by atoms with E-state index in [4.69, 9.17) is 0 Å². The van der Waals surface area contributed by atoms with Gasteiger partial charge < -0.3 is 15.5 Å². The fraction of sp³-hybridized carbons (Fsp3) is 0.438. The van der Waals surface area contributed by atoms with E-state index in [2.05, 4.69) is 23.3 Å². The largest absolute Gasteiger partial charge is 0.354 e. The molecule has 1 aromatic carbocycles. The van der Waals surface area contributed by atoms with Crippen LogP contribution in [0.1, 0.15) is 23.7 Å². The van der Waals surface area contributed by atoms with Crippen molar-refractivity contribution in [3.8, 4) is 0 Å². The number of hydrogen-bond acceptors (Lipinski definition) is 4. The van der Waals surface area contributed by atoms with E-state index in [0.29, 0.717) is 38.2 Å². The van der Waals surface area contributed by atoms with Crippen LogP contribution >= 0.6 is 12.6 Å². The molecule has 0 aliphatic carbocycles. The van der Waals surface area contributed by atoms with Crippen molar-refractivity contribution in [1.82, 2.24) is 15.5 Å². The summed E-state index contributed by atoms with van der Waals surface area (Å²) in [6, 6.07) is 8.92. The molecule has 1 rings (SSSR count). The Morgan fingerprint density at radius 3 is 2.09 bits per heavy atom. The quantitative estimate of drug-likeness (QED) is 0.581. The van der Waals surface area contributed by atoms with Crippen LogP contribution in [-0.2, 0) is 9.59 Å². The second kappa shape index (κ2) is 10.7. The maximum Gasteiger partial charge on any atom is 0.253 e. The summed E-state index contributed by atoms with van der Waals surface area (Å²) in [7, 11) is 0. The Labute approximate surface area is 142 Å². The van der Waals surface area contributed by atoms with Gasteiger partial charge in [-0.2, -0.15) is 12.6 Å². The van der Waals surface area contributed by atoms with Crippen molar-refractivity contribution in [2.75, 3.05) is 31.9 Å². The molecule has 0 bridgehead atoms.